The summed E-state index contributed by atoms with van der Waals surface area (Å²) in [6.45, 7) is 2.75. The van der Waals surface area contributed by atoms with Gasteiger partial charge in [0.25, 0.3) is 5.91 Å². The number of carboxylic acid groups (broad SMARTS) is 1. The van der Waals surface area contributed by atoms with E-state index in [0.717, 1.165) is 5.56 Å². The number of hydrogen-bond acceptors (Lipinski definition) is 4. The van der Waals surface area contributed by atoms with E-state index in [0.29, 0.717) is 44.3 Å². The molecular weight excluding hydrogens is 406 g/mol. The number of benzene rings is 2. The van der Waals surface area contributed by atoms with Crippen molar-refractivity contribution in [3.05, 3.63) is 71.8 Å². The molecule has 0 radical (unpaired) electrons. The smallest absolute Gasteiger partial charge is 0.326 e. The number of nitrogens with zero attached hydrogens (tertiary/aromatic N) is 1. The summed E-state index contributed by atoms with van der Waals surface area (Å²) in [7, 11) is 0. The van der Waals surface area contributed by atoms with E-state index in [-0.39, 0.29) is 17.9 Å². The highest BCUT2D eigenvalue weighted by molar-refractivity contribution is 5.94. The van der Waals surface area contributed by atoms with Crippen LogP contribution in [-0.2, 0) is 16.0 Å². The van der Waals surface area contributed by atoms with Crippen LogP contribution in [0, 0.1) is 0 Å². The highest BCUT2D eigenvalue weighted by Crippen LogP contribution is 2.18. The Labute approximate surface area is 188 Å². The van der Waals surface area contributed by atoms with Gasteiger partial charge in [0, 0.05) is 18.2 Å². The second-order valence-corrected chi connectivity index (χ2v) is 8.22. The largest absolute Gasteiger partial charge is 0.480 e. The first-order valence-corrected chi connectivity index (χ1v) is 11.1. The van der Waals surface area contributed by atoms with Crippen LogP contribution in [0.25, 0.3) is 0 Å². The molecule has 1 unspecified atom stereocenters. The van der Waals surface area contributed by atoms with Gasteiger partial charge in [-0.05, 0) is 56.8 Å². The van der Waals surface area contributed by atoms with Crippen molar-refractivity contribution in [3.8, 4) is 0 Å². The van der Waals surface area contributed by atoms with Gasteiger partial charge < -0.3 is 20.6 Å². The molecule has 2 amide bonds. The number of carbonyl (C=O) groups excluding carboxylic acids is 2. The molecule has 170 valence electrons. The van der Waals surface area contributed by atoms with E-state index in [1.165, 1.54) is 4.90 Å². The fourth-order valence-corrected chi connectivity index (χ4v) is 4.08. The van der Waals surface area contributed by atoms with E-state index in [1.54, 1.807) is 19.1 Å². The minimum absolute atomic E-state index is 0.113. The molecule has 0 spiro atoms. The summed E-state index contributed by atoms with van der Waals surface area (Å²) in [5.41, 5.74) is 1.73. The molecule has 1 aliphatic rings. The maximum Gasteiger partial charge on any atom is 0.326 e. The lowest BCUT2D eigenvalue weighted by molar-refractivity contribution is -0.148. The Morgan fingerprint density at radius 1 is 1.06 bits per heavy atom. The Balaban J connectivity index is 1.57. The average Bonchev–Trinajstić information content (AvgIpc) is 3.30. The second kappa shape index (κ2) is 11.4. The minimum atomic E-state index is -0.949. The van der Waals surface area contributed by atoms with Crippen molar-refractivity contribution in [2.75, 3.05) is 13.1 Å². The van der Waals surface area contributed by atoms with Gasteiger partial charge in [0.05, 0.1) is 6.04 Å². The number of likely N-dealkylation sites (tertiary alicyclic amines) is 1. The molecule has 1 heterocycles. The zero-order chi connectivity index (χ0) is 22.9. The lowest BCUT2D eigenvalue weighted by atomic mass is 10.0. The first-order valence-electron chi connectivity index (χ1n) is 11.1. The number of nitrogens with one attached hydrogen (secondary N) is 2. The van der Waals surface area contributed by atoms with Gasteiger partial charge in [-0.15, -0.1) is 0 Å². The lowest BCUT2D eigenvalue weighted by Crippen LogP contribution is -2.49. The molecule has 1 aliphatic heterocycles. The first kappa shape index (κ1) is 23.5. The highest BCUT2D eigenvalue weighted by atomic mass is 16.4. The van der Waals surface area contributed by atoms with Crippen molar-refractivity contribution in [2.24, 2.45) is 0 Å². The minimum Gasteiger partial charge on any atom is -0.480 e. The van der Waals surface area contributed by atoms with E-state index >= 15 is 0 Å². The molecule has 0 bridgehead atoms. The van der Waals surface area contributed by atoms with Crippen molar-refractivity contribution in [1.29, 1.82) is 0 Å². The van der Waals surface area contributed by atoms with Crippen molar-refractivity contribution in [1.82, 2.24) is 15.5 Å². The number of hydrogen-bond donors (Lipinski definition) is 3. The van der Waals surface area contributed by atoms with Gasteiger partial charge in [-0.25, -0.2) is 4.79 Å². The summed E-state index contributed by atoms with van der Waals surface area (Å²) in [6, 6.07) is 17.7. The van der Waals surface area contributed by atoms with Crippen molar-refractivity contribution in [2.45, 2.75) is 50.7 Å². The van der Waals surface area contributed by atoms with Gasteiger partial charge in [-0.3, -0.25) is 9.59 Å². The van der Waals surface area contributed by atoms with Crippen LogP contribution in [0.3, 0.4) is 0 Å². The van der Waals surface area contributed by atoms with Crippen molar-refractivity contribution < 1.29 is 19.5 Å². The third-order valence-corrected chi connectivity index (χ3v) is 5.83. The summed E-state index contributed by atoms with van der Waals surface area (Å²) in [5.74, 6) is -1.27. The van der Waals surface area contributed by atoms with Crippen LogP contribution in [0.5, 0.6) is 0 Å². The number of carbonyl (C=O) groups is 3. The fourth-order valence-electron chi connectivity index (χ4n) is 4.08. The van der Waals surface area contributed by atoms with E-state index in [1.807, 2.05) is 48.5 Å². The zero-order valence-corrected chi connectivity index (χ0v) is 18.4. The monoisotopic (exact) mass is 437 g/mol. The van der Waals surface area contributed by atoms with Crippen LogP contribution in [0.15, 0.2) is 60.7 Å². The molecule has 3 rings (SSSR count). The molecule has 0 saturated carbocycles. The molecule has 3 atom stereocenters. The normalized spacial score (nSPS) is 17.5. The summed E-state index contributed by atoms with van der Waals surface area (Å²) >= 11 is 0. The maximum atomic E-state index is 12.7. The molecule has 2 aromatic rings. The van der Waals surface area contributed by atoms with Crippen LogP contribution in [-0.4, -0.2) is 59.0 Å². The van der Waals surface area contributed by atoms with E-state index < -0.39 is 18.1 Å². The summed E-state index contributed by atoms with van der Waals surface area (Å²) < 4.78 is 0. The summed E-state index contributed by atoms with van der Waals surface area (Å²) in [5, 5.41) is 15.6. The molecule has 32 heavy (non-hydrogen) atoms. The third-order valence-electron chi connectivity index (χ3n) is 5.83. The topological polar surface area (TPSA) is 98.7 Å². The fraction of sp³-hybridized carbons (Fsp3) is 0.400. The van der Waals surface area contributed by atoms with Gasteiger partial charge in [-0.1, -0.05) is 48.5 Å². The molecule has 0 aliphatic carbocycles. The van der Waals surface area contributed by atoms with Gasteiger partial charge in [0.2, 0.25) is 5.91 Å². The maximum absolute atomic E-state index is 12.7. The predicted molar refractivity (Wildman–Crippen MR) is 122 cm³/mol. The number of aliphatic carboxylic acids is 1. The van der Waals surface area contributed by atoms with Crippen LogP contribution in [0.2, 0.25) is 0 Å². The predicted octanol–water partition coefficient (Wildman–Crippen LogP) is 2.47. The molecule has 1 saturated heterocycles. The Morgan fingerprint density at radius 3 is 2.38 bits per heavy atom. The zero-order valence-electron chi connectivity index (χ0n) is 18.4. The highest BCUT2D eigenvalue weighted by Gasteiger charge is 2.35. The average molecular weight is 438 g/mol. The van der Waals surface area contributed by atoms with Crippen molar-refractivity contribution >= 4 is 17.8 Å². The Kier molecular flexibility index (Phi) is 8.39. The molecule has 7 heteroatoms. The van der Waals surface area contributed by atoms with Gasteiger partial charge in [-0.2, -0.15) is 0 Å². The van der Waals surface area contributed by atoms with Crippen LogP contribution in [0.4, 0.5) is 0 Å². The Morgan fingerprint density at radius 2 is 1.72 bits per heavy atom. The van der Waals surface area contributed by atoms with Crippen LogP contribution < -0.4 is 10.6 Å². The van der Waals surface area contributed by atoms with Crippen LogP contribution >= 0.6 is 0 Å². The van der Waals surface area contributed by atoms with Gasteiger partial charge in [0.15, 0.2) is 0 Å². The van der Waals surface area contributed by atoms with Crippen molar-refractivity contribution in [3.63, 3.8) is 0 Å². The second-order valence-electron chi connectivity index (χ2n) is 8.22. The molecule has 7 nitrogen and oxygen atoms in total. The number of carboxylic acids is 1. The Hall–Kier alpha value is -3.19. The lowest BCUT2D eigenvalue weighted by Gasteiger charge is -2.26. The molecule has 3 N–H and O–H groups in total. The van der Waals surface area contributed by atoms with E-state index in [2.05, 4.69) is 10.6 Å². The quantitative estimate of drug-likeness (QED) is 0.530. The molecule has 0 aromatic heterocycles. The van der Waals surface area contributed by atoms with E-state index in [9.17, 15) is 19.5 Å². The standard InChI is InChI=1S/C25H31N3O4/c1-18(24(30)28-16-8-13-22(28)25(31)32)26-15-14-21(17-19-9-4-2-5-10-19)27-23(29)20-11-6-3-7-12-20/h2-7,9-12,18,21-22,26H,8,13-17H2,1H3,(H,27,29)(H,31,32)/t18-,21?,22+/m0/s1. The molecule has 2 aromatic carbocycles. The summed E-state index contributed by atoms with van der Waals surface area (Å²) in [6.07, 6.45) is 2.52. The molecule has 1 fully saturated rings. The van der Waals surface area contributed by atoms with Gasteiger partial charge >= 0.3 is 5.97 Å². The van der Waals surface area contributed by atoms with E-state index in [4.69, 9.17) is 0 Å². The Bertz CT molecular complexity index is 904. The number of rotatable bonds is 10. The third kappa shape index (κ3) is 6.40. The first-order chi connectivity index (χ1) is 15.5. The number of amides is 2. The molecular formula is C25H31N3O4. The SMILES string of the molecule is C[C@H](NCCC(Cc1ccccc1)NC(=O)c1ccccc1)C(=O)N1CCC[C@@H]1C(=O)O. The van der Waals surface area contributed by atoms with Gasteiger partial charge in [0.1, 0.15) is 6.04 Å². The van der Waals surface area contributed by atoms with Crippen LogP contribution in [0.1, 0.15) is 42.1 Å². The summed E-state index contributed by atoms with van der Waals surface area (Å²) in [4.78, 5) is 38.2.